The molecule has 1 aliphatic heterocycles. The topological polar surface area (TPSA) is 59.1 Å². The van der Waals surface area contributed by atoms with E-state index in [9.17, 15) is 0 Å². The molecule has 0 spiro atoms. The molecule has 5 nitrogen and oxygen atoms in total. The van der Waals surface area contributed by atoms with Crippen LogP contribution < -0.4 is 10.6 Å². The first-order chi connectivity index (χ1) is 9.28. The summed E-state index contributed by atoms with van der Waals surface area (Å²) >= 11 is 0. The van der Waals surface area contributed by atoms with Crippen LogP contribution in [0.1, 0.15) is 32.0 Å². The summed E-state index contributed by atoms with van der Waals surface area (Å²) < 4.78 is 5.38. The van der Waals surface area contributed by atoms with Gasteiger partial charge in [0.2, 0.25) is 0 Å². The van der Waals surface area contributed by atoms with E-state index < -0.39 is 0 Å². The van der Waals surface area contributed by atoms with Gasteiger partial charge in [0, 0.05) is 32.4 Å². The van der Waals surface area contributed by atoms with Crippen molar-refractivity contribution in [2.75, 3.05) is 36.9 Å². The summed E-state index contributed by atoms with van der Waals surface area (Å²) in [7, 11) is 0. The lowest BCUT2D eigenvalue weighted by Gasteiger charge is -2.11. The van der Waals surface area contributed by atoms with Crippen LogP contribution in [0.4, 0.5) is 11.6 Å². The van der Waals surface area contributed by atoms with Crippen molar-refractivity contribution in [3.63, 3.8) is 0 Å². The number of rotatable bonds is 7. The van der Waals surface area contributed by atoms with Crippen LogP contribution in [0.5, 0.6) is 0 Å². The maximum absolute atomic E-state index is 5.38. The van der Waals surface area contributed by atoms with Gasteiger partial charge in [-0.05, 0) is 32.1 Å². The Bertz CT molecular complexity index is 391. The minimum absolute atomic E-state index is 0.702. The number of nitrogens with one attached hydrogen (secondary N) is 2. The average molecular weight is 264 g/mol. The van der Waals surface area contributed by atoms with Gasteiger partial charge in [-0.1, -0.05) is 6.92 Å². The van der Waals surface area contributed by atoms with Crippen LogP contribution in [0.15, 0.2) is 6.07 Å². The van der Waals surface area contributed by atoms with Crippen LogP contribution in [-0.4, -0.2) is 36.3 Å². The number of aryl methyl sites for hydroxylation is 1. The molecule has 5 heteroatoms. The Balaban J connectivity index is 1.82. The van der Waals surface area contributed by atoms with Crippen molar-refractivity contribution in [2.24, 2.45) is 5.92 Å². The maximum atomic E-state index is 5.38. The molecule has 0 bridgehead atoms. The van der Waals surface area contributed by atoms with Gasteiger partial charge in [-0.25, -0.2) is 9.97 Å². The highest BCUT2D eigenvalue weighted by Crippen LogP contribution is 2.17. The van der Waals surface area contributed by atoms with Gasteiger partial charge < -0.3 is 15.4 Å². The Labute approximate surface area is 115 Å². The molecule has 2 heterocycles. The summed E-state index contributed by atoms with van der Waals surface area (Å²) in [5.41, 5.74) is 0. The first-order valence-corrected chi connectivity index (χ1v) is 7.19. The Morgan fingerprint density at radius 2 is 2.00 bits per heavy atom. The van der Waals surface area contributed by atoms with Crippen molar-refractivity contribution >= 4 is 11.6 Å². The molecular formula is C14H24N4O. The molecule has 1 saturated heterocycles. The van der Waals surface area contributed by atoms with Gasteiger partial charge in [-0.2, -0.15) is 0 Å². The normalized spacial score (nSPS) is 18.5. The van der Waals surface area contributed by atoms with Crippen molar-refractivity contribution in [1.82, 2.24) is 9.97 Å². The van der Waals surface area contributed by atoms with Gasteiger partial charge in [0.1, 0.15) is 17.5 Å². The van der Waals surface area contributed by atoms with E-state index in [1.165, 1.54) is 6.42 Å². The minimum Gasteiger partial charge on any atom is -0.381 e. The Kier molecular flexibility index (Phi) is 5.39. The molecule has 0 aromatic carbocycles. The van der Waals surface area contributed by atoms with Crippen molar-refractivity contribution in [3.05, 3.63) is 11.9 Å². The molecule has 106 valence electrons. The fourth-order valence-electron chi connectivity index (χ4n) is 2.22. The van der Waals surface area contributed by atoms with Gasteiger partial charge in [0.05, 0.1) is 0 Å². The molecule has 19 heavy (non-hydrogen) atoms. The summed E-state index contributed by atoms with van der Waals surface area (Å²) in [4.78, 5) is 8.79. The molecule has 0 saturated carbocycles. The lowest BCUT2D eigenvalue weighted by Crippen LogP contribution is -2.11. The first kappa shape index (κ1) is 14.1. The molecular weight excluding hydrogens is 240 g/mol. The summed E-state index contributed by atoms with van der Waals surface area (Å²) in [5.74, 6) is 3.31. The molecule has 1 unspecified atom stereocenters. The predicted octanol–water partition coefficient (Wildman–Crippen LogP) is 2.45. The molecule has 0 aliphatic carbocycles. The number of hydrogen-bond acceptors (Lipinski definition) is 5. The second kappa shape index (κ2) is 7.28. The number of anilines is 2. The van der Waals surface area contributed by atoms with Crippen molar-refractivity contribution in [1.29, 1.82) is 0 Å². The SMILES string of the molecule is CCCNc1cc(NCCC2CCOC2)nc(C)n1. The number of aromatic nitrogens is 2. The molecule has 2 rings (SSSR count). The molecule has 1 atom stereocenters. The van der Waals surface area contributed by atoms with Crippen molar-refractivity contribution in [3.8, 4) is 0 Å². The van der Waals surface area contributed by atoms with E-state index in [4.69, 9.17) is 4.74 Å². The van der Waals surface area contributed by atoms with Crippen LogP contribution in [0, 0.1) is 12.8 Å². The quantitative estimate of drug-likeness (QED) is 0.792. The zero-order chi connectivity index (χ0) is 13.5. The van der Waals surface area contributed by atoms with Crippen molar-refractivity contribution < 1.29 is 4.74 Å². The zero-order valence-corrected chi connectivity index (χ0v) is 11.9. The van der Waals surface area contributed by atoms with Crippen LogP contribution >= 0.6 is 0 Å². The van der Waals surface area contributed by atoms with Gasteiger partial charge in [-0.3, -0.25) is 0 Å². The summed E-state index contributed by atoms with van der Waals surface area (Å²) in [6, 6.07) is 1.98. The lowest BCUT2D eigenvalue weighted by molar-refractivity contribution is 0.185. The summed E-state index contributed by atoms with van der Waals surface area (Å²) in [5, 5.41) is 6.68. The highest BCUT2D eigenvalue weighted by molar-refractivity contribution is 5.47. The van der Waals surface area contributed by atoms with Crippen LogP contribution in [0.25, 0.3) is 0 Å². The minimum atomic E-state index is 0.702. The van der Waals surface area contributed by atoms with Crippen LogP contribution in [0.2, 0.25) is 0 Å². The van der Waals surface area contributed by atoms with Crippen molar-refractivity contribution in [2.45, 2.75) is 33.1 Å². The molecule has 1 aliphatic rings. The number of nitrogens with zero attached hydrogens (tertiary/aromatic N) is 2. The zero-order valence-electron chi connectivity index (χ0n) is 11.9. The van der Waals surface area contributed by atoms with E-state index in [1.807, 2.05) is 13.0 Å². The average Bonchev–Trinajstić information content (AvgIpc) is 2.89. The first-order valence-electron chi connectivity index (χ1n) is 7.19. The lowest BCUT2D eigenvalue weighted by atomic mass is 10.1. The number of ether oxygens (including phenoxy) is 1. The fraction of sp³-hybridized carbons (Fsp3) is 0.714. The molecule has 1 aromatic rings. The van der Waals surface area contributed by atoms with Gasteiger partial charge >= 0.3 is 0 Å². The third-order valence-electron chi connectivity index (χ3n) is 3.28. The third kappa shape index (κ3) is 4.67. The molecule has 1 fully saturated rings. The number of hydrogen-bond donors (Lipinski definition) is 2. The van der Waals surface area contributed by atoms with Gasteiger partial charge in [-0.15, -0.1) is 0 Å². The molecule has 0 amide bonds. The van der Waals surface area contributed by atoms with E-state index in [0.29, 0.717) is 5.92 Å². The predicted molar refractivity (Wildman–Crippen MR) is 77.6 cm³/mol. The second-order valence-electron chi connectivity index (χ2n) is 5.06. The Morgan fingerprint density at radius 1 is 1.26 bits per heavy atom. The summed E-state index contributed by atoms with van der Waals surface area (Å²) in [6.45, 7) is 7.78. The third-order valence-corrected chi connectivity index (χ3v) is 3.28. The van der Waals surface area contributed by atoms with Gasteiger partial charge in [0.25, 0.3) is 0 Å². The maximum Gasteiger partial charge on any atom is 0.131 e. The largest absolute Gasteiger partial charge is 0.381 e. The van der Waals surface area contributed by atoms with Crippen LogP contribution in [-0.2, 0) is 4.74 Å². The van der Waals surface area contributed by atoms with E-state index in [-0.39, 0.29) is 0 Å². The second-order valence-corrected chi connectivity index (χ2v) is 5.06. The Morgan fingerprint density at radius 3 is 2.63 bits per heavy atom. The highest BCUT2D eigenvalue weighted by Gasteiger charge is 2.14. The molecule has 2 N–H and O–H groups in total. The van der Waals surface area contributed by atoms with E-state index in [1.54, 1.807) is 0 Å². The van der Waals surface area contributed by atoms with E-state index in [0.717, 1.165) is 56.6 Å². The Hall–Kier alpha value is -1.36. The van der Waals surface area contributed by atoms with E-state index >= 15 is 0 Å². The standard InChI is InChI=1S/C14H24N4O/c1-3-6-15-13-9-14(18-11(2)17-13)16-7-4-12-5-8-19-10-12/h9,12H,3-8,10H2,1-2H3,(H2,15,16,17,18). The monoisotopic (exact) mass is 264 g/mol. The van der Waals surface area contributed by atoms with E-state index in [2.05, 4.69) is 27.5 Å². The smallest absolute Gasteiger partial charge is 0.131 e. The summed E-state index contributed by atoms with van der Waals surface area (Å²) in [6.07, 6.45) is 3.42. The highest BCUT2D eigenvalue weighted by atomic mass is 16.5. The molecule has 1 aromatic heterocycles. The molecule has 0 radical (unpaired) electrons. The van der Waals surface area contributed by atoms with Crippen LogP contribution in [0.3, 0.4) is 0 Å². The fourth-order valence-corrected chi connectivity index (χ4v) is 2.22. The van der Waals surface area contributed by atoms with Gasteiger partial charge in [0.15, 0.2) is 0 Å².